The fourth-order valence-electron chi connectivity index (χ4n) is 0.899. The van der Waals surface area contributed by atoms with Gasteiger partial charge in [0.15, 0.2) is 5.54 Å². The molecule has 0 aliphatic heterocycles. The molecule has 1 atom stereocenters. The summed E-state index contributed by atoms with van der Waals surface area (Å²) in [6, 6.07) is 0. The summed E-state index contributed by atoms with van der Waals surface area (Å²) in [6.45, 7) is 0. The molecule has 1 aliphatic rings. The molecule has 60 valence electrons. The zero-order chi connectivity index (χ0) is 8.11. The van der Waals surface area contributed by atoms with Gasteiger partial charge in [-0.15, -0.1) is 10.2 Å². The van der Waals surface area contributed by atoms with Crippen molar-refractivity contribution in [2.45, 2.75) is 17.9 Å². The van der Waals surface area contributed by atoms with Crippen LogP contribution in [0.2, 0.25) is 0 Å². The van der Waals surface area contributed by atoms with Crippen LogP contribution < -0.4 is 5.73 Å². The molecule has 1 fully saturated rings. The second kappa shape index (κ2) is 1.55. The average Bonchev–Trinajstić information content (AvgIpc) is 2.36. The molecule has 2 rings (SSSR count). The maximum atomic E-state index is 12.5. The lowest BCUT2D eigenvalue weighted by Crippen LogP contribution is -2.28. The van der Waals surface area contributed by atoms with Gasteiger partial charge in [-0.05, 0) is 0 Å². The second-order valence-electron chi connectivity index (χ2n) is 2.59. The summed E-state index contributed by atoms with van der Waals surface area (Å²) in [7, 11) is 0. The van der Waals surface area contributed by atoms with Gasteiger partial charge < -0.3 is 5.73 Å². The molecule has 1 aromatic rings. The molecule has 0 aromatic carbocycles. The van der Waals surface area contributed by atoms with E-state index in [-0.39, 0.29) is 5.82 Å². The number of nitrogens with one attached hydrogen (secondary N) is 1. The lowest BCUT2D eigenvalue weighted by molar-refractivity contribution is 0.0870. The van der Waals surface area contributed by atoms with Crippen LogP contribution in [0.1, 0.15) is 12.2 Å². The van der Waals surface area contributed by atoms with E-state index in [1.54, 1.807) is 0 Å². The summed E-state index contributed by atoms with van der Waals surface area (Å²) in [4.78, 5) is 0. The highest BCUT2D eigenvalue weighted by molar-refractivity contribution is 5.23. The Kier molecular flexibility index (Phi) is 0.929. The SMILES string of the molecule is NC1(c2nn[nH]n2)CC1(F)F. The number of aromatic amines is 1. The van der Waals surface area contributed by atoms with Crippen molar-refractivity contribution < 1.29 is 8.78 Å². The maximum absolute atomic E-state index is 12.5. The Bertz CT molecular complexity index is 270. The topological polar surface area (TPSA) is 80.5 Å². The largest absolute Gasteiger partial charge is 0.313 e. The van der Waals surface area contributed by atoms with E-state index >= 15 is 0 Å². The third-order valence-electron chi connectivity index (χ3n) is 1.77. The number of halogens is 2. The van der Waals surface area contributed by atoms with Crippen molar-refractivity contribution in [3.63, 3.8) is 0 Å². The number of hydrogen-bond acceptors (Lipinski definition) is 4. The zero-order valence-corrected chi connectivity index (χ0v) is 5.38. The van der Waals surface area contributed by atoms with Crippen LogP contribution in [0.3, 0.4) is 0 Å². The number of hydrogen-bond donors (Lipinski definition) is 2. The number of tetrazole rings is 1. The molecule has 0 saturated heterocycles. The summed E-state index contributed by atoms with van der Waals surface area (Å²) < 4.78 is 25.0. The van der Waals surface area contributed by atoms with Crippen molar-refractivity contribution in [2.24, 2.45) is 5.73 Å². The van der Waals surface area contributed by atoms with Crippen LogP contribution >= 0.6 is 0 Å². The Labute approximate surface area is 60.0 Å². The van der Waals surface area contributed by atoms with Crippen LogP contribution in [0, 0.1) is 0 Å². The Morgan fingerprint density at radius 3 is 2.55 bits per heavy atom. The zero-order valence-electron chi connectivity index (χ0n) is 5.38. The molecular weight excluding hydrogens is 156 g/mol. The number of aromatic nitrogens is 4. The number of alkyl halides is 2. The van der Waals surface area contributed by atoms with Crippen molar-refractivity contribution in [1.82, 2.24) is 20.6 Å². The lowest BCUT2D eigenvalue weighted by atomic mass is 10.3. The molecular formula is C4H5F2N5. The van der Waals surface area contributed by atoms with E-state index in [9.17, 15) is 8.78 Å². The van der Waals surface area contributed by atoms with Gasteiger partial charge in [-0.2, -0.15) is 5.21 Å². The van der Waals surface area contributed by atoms with Crippen LogP contribution in [-0.2, 0) is 5.54 Å². The number of rotatable bonds is 1. The van der Waals surface area contributed by atoms with Gasteiger partial charge in [0.1, 0.15) is 0 Å². The van der Waals surface area contributed by atoms with Crippen molar-refractivity contribution in [3.8, 4) is 0 Å². The van der Waals surface area contributed by atoms with Gasteiger partial charge in [0, 0.05) is 6.42 Å². The van der Waals surface area contributed by atoms with E-state index in [1.807, 2.05) is 0 Å². The van der Waals surface area contributed by atoms with Gasteiger partial charge in [-0.1, -0.05) is 5.21 Å². The van der Waals surface area contributed by atoms with E-state index in [0.717, 1.165) is 0 Å². The smallest absolute Gasteiger partial charge is 0.275 e. The first-order valence-electron chi connectivity index (χ1n) is 2.97. The van der Waals surface area contributed by atoms with Crippen LogP contribution in [-0.4, -0.2) is 26.5 Å². The Hall–Kier alpha value is -1.11. The third-order valence-corrected chi connectivity index (χ3v) is 1.77. The monoisotopic (exact) mass is 161 g/mol. The summed E-state index contributed by atoms with van der Waals surface area (Å²) in [5.41, 5.74) is 3.57. The quantitative estimate of drug-likeness (QED) is 0.575. The van der Waals surface area contributed by atoms with Gasteiger partial charge in [-0.25, -0.2) is 8.78 Å². The van der Waals surface area contributed by atoms with E-state index in [1.165, 1.54) is 0 Å². The minimum atomic E-state index is -2.88. The Morgan fingerprint density at radius 2 is 2.18 bits per heavy atom. The standard InChI is InChI=1S/C4H5F2N5/c5-4(6)1-3(4,7)2-8-10-11-9-2/h1,7H2,(H,8,9,10,11). The highest BCUT2D eigenvalue weighted by atomic mass is 19.3. The normalized spacial score (nSPS) is 33.7. The molecule has 1 heterocycles. The van der Waals surface area contributed by atoms with Crippen LogP contribution in [0.5, 0.6) is 0 Å². The molecule has 11 heavy (non-hydrogen) atoms. The first-order chi connectivity index (χ1) is 5.06. The third kappa shape index (κ3) is 0.681. The van der Waals surface area contributed by atoms with Gasteiger partial charge in [0.05, 0.1) is 0 Å². The van der Waals surface area contributed by atoms with E-state index in [2.05, 4.69) is 20.6 Å². The molecule has 1 aliphatic carbocycles. The maximum Gasteiger partial charge on any atom is 0.275 e. The van der Waals surface area contributed by atoms with E-state index < -0.39 is 17.9 Å². The second-order valence-corrected chi connectivity index (χ2v) is 2.59. The van der Waals surface area contributed by atoms with Crippen LogP contribution in [0.4, 0.5) is 8.78 Å². The first kappa shape index (κ1) is 6.59. The highest BCUT2D eigenvalue weighted by Crippen LogP contribution is 2.56. The minimum Gasteiger partial charge on any atom is -0.313 e. The summed E-state index contributed by atoms with van der Waals surface area (Å²) in [6.07, 6.45) is -0.403. The molecule has 0 bridgehead atoms. The summed E-state index contributed by atoms with van der Waals surface area (Å²) >= 11 is 0. The van der Waals surface area contributed by atoms with Crippen molar-refractivity contribution in [3.05, 3.63) is 5.82 Å². The number of nitrogens with two attached hydrogens (primary N) is 1. The average molecular weight is 161 g/mol. The van der Waals surface area contributed by atoms with Crippen molar-refractivity contribution in [1.29, 1.82) is 0 Å². The lowest BCUT2D eigenvalue weighted by Gasteiger charge is -2.01. The molecule has 7 heteroatoms. The Morgan fingerprint density at radius 1 is 1.55 bits per heavy atom. The first-order valence-corrected chi connectivity index (χ1v) is 2.97. The predicted molar refractivity (Wildman–Crippen MR) is 29.6 cm³/mol. The van der Waals surface area contributed by atoms with Crippen LogP contribution in [0.25, 0.3) is 0 Å². The van der Waals surface area contributed by atoms with Gasteiger partial charge in [0.2, 0.25) is 5.82 Å². The molecule has 0 amide bonds. The summed E-state index contributed by atoms with van der Waals surface area (Å²) in [5.74, 6) is -3.00. The van der Waals surface area contributed by atoms with Crippen molar-refractivity contribution >= 4 is 0 Å². The van der Waals surface area contributed by atoms with Crippen LogP contribution in [0.15, 0.2) is 0 Å². The molecule has 0 spiro atoms. The molecule has 1 unspecified atom stereocenters. The van der Waals surface area contributed by atoms with Gasteiger partial charge in [-0.3, -0.25) is 0 Å². The highest BCUT2D eigenvalue weighted by Gasteiger charge is 2.72. The molecule has 0 radical (unpaired) electrons. The Balaban J connectivity index is 2.33. The molecule has 5 nitrogen and oxygen atoms in total. The van der Waals surface area contributed by atoms with Gasteiger partial charge in [0.25, 0.3) is 5.92 Å². The van der Waals surface area contributed by atoms with Crippen molar-refractivity contribution in [2.75, 3.05) is 0 Å². The van der Waals surface area contributed by atoms with E-state index in [0.29, 0.717) is 0 Å². The molecule has 1 saturated carbocycles. The molecule has 3 N–H and O–H groups in total. The fraction of sp³-hybridized carbons (Fsp3) is 0.750. The summed E-state index contributed by atoms with van der Waals surface area (Å²) in [5, 5.41) is 12.0. The predicted octanol–water partition coefficient (Wildman–Crippen LogP) is -0.607. The minimum absolute atomic E-state index is 0.123. The van der Waals surface area contributed by atoms with Gasteiger partial charge >= 0.3 is 0 Å². The fourth-order valence-corrected chi connectivity index (χ4v) is 0.899. The number of nitrogens with zero attached hydrogens (tertiary/aromatic N) is 3. The number of H-pyrrole nitrogens is 1. The van der Waals surface area contributed by atoms with E-state index in [4.69, 9.17) is 5.73 Å². The molecule has 1 aromatic heterocycles.